The van der Waals surface area contributed by atoms with Crippen molar-refractivity contribution in [3.05, 3.63) is 52.8 Å². The van der Waals surface area contributed by atoms with Crippen LogP contribution >= 0.6 is 11.6 Å². The third kappa shape index (κ3) is 3.27. The first-order chi connectivity index (χ1) is 9.61. The fourth-order valence-corrected chi connectivity index (χ4v) is 1.99. The lowest BCUT2D eigenvalue weighted by Crippen LogP contribution is -2.13. The average molecular weight is 291 g/mol. The van der Waals surface area contributed by atoms with Gasteiger partial charge < -0.3 is 10.1 Å². The van der Waals surface area contributed by atoms with Crippen molar-refractivity contribution in [1.82, 2.24) is 4.98 Å². The number of aryl methyl sites for hydroxylation is 1. The first-order valence-electron chi connectivity index (χ1n) is 6.26. The van der Waals surface area contributed by atoms with Crippen LogP contribution in [0.15, 0.2) is 36.7 Å². The van der Waals surface area contributed by atoms with Gasteiger partial charge in [0.05, 0.1) is 17.2 Å². The van der Waals surface area contributed by atoms with E-state index in [4.69, 9.17) is 16.3 Å². The van der Waals surface area contributed by atoms with Crippen molar-refractivity contribution in [3.63, 3.8) is 0 Å². The highest BCUT2D eigenvalue weighted by molar-refractivity contribution is 6.34. The number of nitrogens with zero attached hydrogens (tertiary/aromatic N) is 1. The van der Waals surface area contributed by atoms with Crippen molar-refractivity contribution in [2.75, 3.05) is 11.9 Å². The van der Waals surface area contributed by atoms with Gasteiger partial charge in [-0.15, -0.1) is 0 Å². The zero-order valence-electron chi connectivity index (χ0n) is 11.3. The summed E-state index contributed by atoms with van der Waals surface area (Å²) in [6.07, 6.45) is 2.98. The predicted molar refractivity (Wildman–Crippen MR) is 79.5 cm³/mol. The van der Waals surface area contributed by atoms with Gasteiger partial charge >= 0.3 is 0 Å². The van der Waals surface area contributed by atoms with Gasteiger partial charge in [-0.05, 0) is 43.7 Å². The highest BCUT2D eigenvalue weighted by atomic mass is 35.5. The monoisotopic (exact) mass is 290 g/mol. The molecular weight excluding hydrogens is 276 g/mol. The smallest absolute Gasteiger partial charge is 0.257 e. The third-order valence-electron chi connectivity index (χ3n) is 2.77. The number of hydrogen-bond donors (Lipinski definition) is 1. The molecule has 2 aromatic rings. The molecule has 2 rings (SSSR count). The maximum atomic E-state index is 12.1. The molecule has 1 heterocycles. The lowest BCUT2D eigenvalue weighted by atomic mass is 10.1. The number of rotatable bonds is 4. The third-order valence-corrected chi connectivity index (χ3v) is 3.08. The van der Waals surface area contributed by atoms with Gasteiger partial charge in [0.15, 0.2) is 0 Å². The van der Waals surface area contributed by atoms with Crippen LogP contribution in [-0.4, -0.2) is 17.5 Å². The van der Waals surface area contributed by atoms with Gasteiger partial charge in [-0.25, -0.2) is 0 Å². The second kappa shape index (κ2) is 6.39. The summed E-state index contributed by atoms with van der Waals surface area (Å²) in [5.41, 5.74) is 2.05. The van der Waals surface area contributed by atoms with Crippen LogP contribution in [-0.2, 0) is 0 Å². The number of amides is 1. The minimum atomic E-state index is -0.260. The van der Waals surface area contributed by atoms with Crippen LogP contribution in [0, 0.1) is 6.92 Å². The quantitative estimate of drug-likeness (QED) is 0.934. The Balaban J connectivity index is 2.18. The summed E-state index contributed by atoms with van der Waals surface area (Å²) >= 11 is 5.95. The number of hydrogen-bond acceptors (Lipinski definition) is 3. The molecule has 0 saturated carbocycles. The Morgan fingerprint density at radius 3 is 2.85 bits per heavy atom. The summed E-state index contributed by atoms with van der Waals surface area (Å²) < 4.78 is 5.41. The minimum Gasteiger partial charge on any atom is -0.494 e. The van der Waals surface area contributed by atoms with E-state index in [1.807, 2.05) is 32.0 Å². The zero-order valence-corrected chi connectivity index (χ0v) is 12.1. The molecule has 0 aliphatic rings. The molecule has 0 atom stereocenters. The standard InChI is InChI=1S/C15H15ClN2O2/c1-3-20-11-4-5-14(10(2)8-11)18-15(19)12-6-7-17-9-13(12)16/h4-9H,3H2,1-2H3,(H,18,19). The number of halogens is 1. The second-order valence-corrected chi connectivity index (χ2v) is 4.63. The summed E-state index contributed by atoms with van der Waals surface area (Å²) in [7, 11) is 0. The first-order valence-corrected chi connectivity index (χ1v) is 6.64. The second-order valence-electron chi connectivity index (χ2n) is 4.22. The van der Waals surface area contributed by atoms with Gasteiger partial charge in [0.2, 0.25) is 0 Å². The van der Waals surface area contributed by atoms with Crippen LogP contribution in [0.4, 0.5) is 5.69 Å². The van der Waals surface area contributed by atoms with E-state index in [0.717, 1.165) is 17.0 Å². The average Bonchev–Trinajstić information content (AvgIpc) is 2.42. The van der Waals surface area contributed by atoms with Crippen molar-refractivity contribution >= 4 is 23.2 Å². The fraction of sp³-hybridized carbons (Fsp3) is 0.200. The SMILES string of the molecule is CCOc1ccc(NC(=O)c2ccncc2Cl)c(C)c1. The summed E-state index contributed by atoms with van der Waals surface area (Å²) in [5.74, 6) is 0.523. The number of nitrogens with one attached hydrogen (secondary N) is 1. The topological polar surface area (TPSA) is 51.2 Å². The molecule has 0 saturated heterocycles. The molecule has 104 valence electrons. The van der Waals surface area contributed by atoms with E-state index in [1.165, 1.54) is 12.4 Å². The molecule has 0 radical (unpaired) electrons. The molecule has 1 aromatic carbocycles. The predicted octanol–water partition coefficient (Wildman–Crippen LogP) is 3.69. The highest BCUT2D eigenvalue weighted by Crippen LogP contribution is 2.23. The van der Waals surface area contributed by atoms with Crippen LogP contribution in [0.5, 0.6) is 5.75 Å². The number of carbonyl (C=O) groups is 1. The molecular formula is C15H15ClN2O2. The van der Waals surface area contributed by atoms with E-state index < -0.39 is 0 Å². The lowest BCUT2D eigenvalue weighted by Gasteiger charge is -2.11. The van der Waals surface area contributed by atoms with Gasteiger partial charge in [0, 0.05) is 18.1 Å². The molecule has 20 heavy (non-hydrogen) atoms. The molecule has 5 heteroatoms. The number of benzene rings is 1. The summed E-state index contributed by atoms with van der Waals surface area (Å²) in [5, 5.41) is 3.16. The molecule has 0 unspecified atom stereocenters. The number of anilines is 1. The molecule has 1 N–H and O–H groups in total. The van der Waals surface area contributed by atoms with Crippen LogP contribution in [0.3, 0.4) is 0 Å². The highest BCUT2D eigenvalue weighted by Gasteiger charge is 2.11. The minimum absolute atomic E-state index is 0.260. The summed E-state index contributed by atoms with van der Waals surface area (Å²) in [6.45, 7) is 4.44. The fourth-order valence-electron chi connectivity index (χ4n) is 1.78. The Morgan fingerprint density at radius 2 is 2.20 bits per heavy atom. The van der Waals surface area contributed by atoms with Gasteiger partial charge in [-0.3, -0.25) is 9.78 Å². The van der Waals surface area contributed by atoms with Gasteiger partial charge in [-0.1, -0.05) is 11.6 Å². The van der Waals surface area contributed by atoms with E-state index in [0.29, 0.717) is 17.2 Å². The van der Waals surface area contributed by atoms with Gasteiger partial charge in [0.25, 0.3) is 5.91 Å². The van der Waals surface area contributed by atoms with Crippen LogP contribution in [0.25, 0.3) is 0 Å². The molecule has 0 aliphatic heterocycles. The molecule has 4 nitrogen and oxygen atoms in total. The number of aromatic nitrogens is 1. The van der Waals surface area contributed by atoms with Crippen LogP contribution in [0.1, 0.15) is 22.8 Å². The van der Waals surface area contributed by atoms with Crippen molar-refractivity contribution in [2.45, 2.75) is 13.8 Å². The van der Waals surface area contributed by atoms with Crippen LogP contribution < -0.4 is 10.1 Å². The number of ether oxygens (including phenoxy) is 1. The van der Waals surface area contributed by atoms with Gasteiger partial charge in [0.1, 0.15) is 5.75 Å². The molecule has 0 aliphatic carbocycles. The normalized spacial score (nSPS) is 10.2. The molecule has 1 amide bonds. The maximum absolute atomic E-state index is 12.1. The van der Waals surface area contributed by atoms with Crippen LogP contribution in [0.2, 0.25) is 5.02 Å². The Labute approximate surface area is 122 Å². The van der Waals surface area contributed by atoms with E-state index >= 15 is 0 Å². The Morgan fingerprint density at radius 1 is 1.40 bits per heavy atom. The largest absolute Gasteiger partial charge is 0.494 e. The van der Waals surface area contributed by atoms with E-state index in [1.54, 1.807) is 6.07 Å². The first kappa shape index (κ1) is 14.3. The number of pyridine rings is 1. The summed E-state index contributed by atoms with van der Waals surface area (Å²) in [6, 6.07) is 7.10. The van der Waals surface area contributed by atoms with Crippen molar-refractivity contribution in [1.29, 1.82) is 0 Å². The number of carbonyl (C=O) groups excluding carboxylic acids is 1. The Hall–Kier alpha value is -2.07. The molecule has 0 fully saturated rings. The maximum Gasteiger partial charge on any atom is 0.257 e. The van der Waals surface area contributed by atoms with Crippen molar-refractivity contribution < 1.29 is 9.53 Å². The molecule has 0 spiro atoms. The molecule has 0 bridgehead atoms. The van der Waals surface area contributed by atoms with E-state index in [-0.39, 0.29) is 5.91 Å². The summed E-state index contributed by atoms with van der Waals surface area (Å²) in [4.78, 5) is 16.0. The lowest BCUT2D eigenvalue weighted by molar-refractivity contribution is 0.102. The van der Waals surface area contributed by atoms with E-state index in [9.17, 15) is 4.79 Å². The molecule has 1 aromatic heterocycles. The van der Waals surface area contributed by atoms with Crippen molar-refractivity contribution in [2.24, 2.45) is 0 Å². The van der Waals surface area contributed by atoms with E-state index in [2.05, 4.69) is 10.3 Å². The zero-order chi connectivity index (χ0) is 14.5. The Bertz CT molecular complexity index is 629. The van der Waals surface area contributed by atoms with Gasteiger partial charge in [-0.2, -0.15) is 0 Å². The van der Waals surface area contributed by atoms with Crippen molar-refractivity contribution in [3.8, 4) is 5.75 Å². The Kier molecular flexibility index (Phi) is 4.58.